The molecule has 0 atom stereocenters. The topological polar surface area (TPSA) is 67.4 Å². The highest BCUT2D eigenvalue weighted by Gasteiger charge is 2.56. The molecule has 136 valence electrons. The number of benzene rings is 2. The van der Waals surface area contributed by atoms with E-state index in [4.69, 9.17) is 16.3 Å². The Kier molecular flexibility index (Phi) is 5.18. The molecule has 3 rings (SSSR count). The lowest BCUT2D eigenvalue weighted by molar-refractivity contribution is -0.134. The second-order valence-corrected chi connectivity index (χ2v) is 6.96. The molecule has 0 radical (unpaired) electrons. The summed E-state index contributed by atoms with van der Waals surface area (Å²) in [5.41, 5.74) is 1.50. The summed E-state index contributed by atoms with van der Waals surface area (Å²) in [5, 5.41) is 6.25. The van der Waals surface area contributed by atoms with Gasteiger partial charge in [-0.1, -0.05) is 29.8 Å². The monoisotopic (exact) mass is 372 g/mol. The first-order chi connectivity index (χ1) is 12.4. The highest BCUT2D eigenvalue weighted by Crippen LogP contribution is 2.47. The largest absolute Gasteiger partial charge is 0.497 e. The number of nitrogens with one attached hydrogen (secondary N) is 2. The zero-order chi connectivity index (χ0) is 18.7. The molecule has 0 aliphatic heterocycles. The first kappa shape index (κ1) is 18.3. The number of carbonyl (C=O) groups excluding carboxylic acids is 2. The van der Waals surface area contributed by atoms with Crippen molar-refractivity contribution in [1.82, 2.24) is 5.32 Å². The summed E-state index contributed by atoms with van der Waals surface area (Å²) in [6.07, 6.45) is 1.10. The van der Waals surface area contributed by atoms with E-state index >= 15 is 0 Å². The van der Waals surface area contributed by atoms with Crippen molar-refractivity contribution in [2.45, 2.75) is 26.3 Å². The Balaban J connectivity index is 1.62. The summed E-state index contributed by atoms with van der Waals surface area (Å²) < 4.78 is 5.12. The standard InChI is InChI=1S/C20H21ClN2O3/c1-13-3-6-15(21)11-17(13)23-19(25)20(9-10-20)18(24)22-12-14-4-7-16(26-2)8-5-14/h3-8,11H,9-10,12H2,1-2H3,(H,22,24)(H,23,25). The molecule has 1 fully saturated rings. The van der Waals surface area contributed by atoms with Crippen LogP contribution >= 0.6 is 11.6 Å². The number of ether oxygens (including phenoxy) is 1. The molecule has 1 aliphatic carbocycles. The number of hydrogen-bond acceptors (Lipinski definition) is 3. The molecular weight excluding hydrogens is 352 g/mol. The van der Waals surface area contributed by atoms with Gasteiger partial charge in [0, 0.05) is 17.3 Å². The van der Waals surface area contributed by atoms with Gasteiger partial charge in [0.05, 0.1) is 7.11 Å². The minimum Gasteiger partial charge on any atom is -0.497 e. The van der Waals surface area contributed by atoms with E-state index < -0.39 is 5.41 Å². The van der Waals surface area contributed by atoms with Crippen molar-refractivity contribution in [3.63, 3.8) is 0 Å². The number of rotatable bonds is 6. The van der Waals surface area contributed by atoms with Crippen LogP contribution in [-0.2, 0) is 16.1 Å². The van der Waals surface area contributed by atoms with Gasteiger partial charge in [0.1, 0.15) is 11.2 Å². The third-order valence-electron chi connectivity index (χ3n) is 4.68. The molecule has 6 heteroatoms. The van der Waals surface area contributed by atoms with E-state index in [1.54, 1.807) is 19.2 Å². The molecule has 0 bridgehead atoms. The van der Waals surface area contributed by atoms with Gasteiger partial charge in [0.15, 0.2) is 0 Å². The van der Waals surface area contributed by atoms with E-state index in [2.05, 4.69) is 10.6 Å². The Bertz CT molecular complexity index is 829. The number of carbonyl (C=O) groups is 2. The normalized spacial score (nSPS) is 14.4. The van der Waals surface area contributed by atoms with E-state index in [9.17, 15) is 9.59 Å². The van der Waals surface area contributed by atoms with Gasteiger partial charge >= 0.3 is 0 Å². The maximum absolute atomic E-state index is 12.7. The van der Waals surface area contributed by atoms with Crippen molar-refractivity contribution in [2.24, 2.45) is 5.41 Å². The molecule has 1 saturated carbocycles. The number of halogens is 1. The minimum absolute atomic E-state index is 0.245. The van der Waals surface area contributed by atoms with Crippen LogP contribution in [0.1, 0.15) is 24.0 Å². The molecule has 0 aromatic heterocycles. The molecule has 1 aliphatic rings. The van der Waals surface area contributed by atoms with Gasteiger partial charge in [-0.15, -0.1) is 0 Å². The maximum atomic E-state index is 12.7. The van der Waals surface area contributed by atoms with Gasteiger partial charge in [0.2, 0.25) is 11.8 Å². The first-order valence-electron chi connectivity index (χ1n) is 8.43. The molecular formula is C20H21ClN2O3. The number of amides is 2. The molecule has 0 unspecified atom stereocenters. The van der Waals surface area contributed by atoms with E-state index in [-0.39, 0.29) is 11.8 Å². The summed E-state index contributed by atoms with van der Waals surface area (Å²) in [6.45, 7) is 2.25. The lowest BCUT2D eigenvalue weighted by Gasteiger charge is -2.17. The molecule has 2 amide bonds. The van der Waals surface area contributed by atoms with Crippen LogP contribution in [0.25, 0.3) is 0 Å². The summed E-state index contributed by atoms with van der Waals surface area (Å²) in [6, 6.07) is 12.7. The third-order valence-corrected chi connectivity index (χ3v) is 4.91. The Hall–Kier alpha value is -2.53. The number of anilines is 1. The van der Waals surface area contributed by atoms with E-state index in [0.29, 0.717) is 30.1 Å². The lowest BCUT2D eigenvalue weighted by atomic mass is 10.0. The van der Waals surface area contributed by atoms with Crippen LogP contribution in [0.15, 0.2) is 42.5 Å². The highest BCUT2D eigenvalue weighted by atomic mass is 35.5. The predicted octanol–water partition coefficient (Wildman–Crippen LogP) is 3.69. The molecule has 0 heterocycles. The van der Waals surface area contributed by atoms with Crippen LogP contribution in [0.4, 0.5) is 5.69 Å². The summed E-state index contributed by atoms with van der Waals surface area (Å²) >= 11 is 5.99. The van der Waals surface area contributed by atoms with Gasteiger partial charge in [-0.2, -0.15) is 0 Å². The van der Waals surface area contributed by atoms with Crippen molar-refractivity contribution >= 4 is 29.1 Å². The van der Waals surface area contributed by atoms with Crippen LogP contribution in [0, 0.1) is 12.3 Å². The van der Waals surface area contributed by atoms with Crippen LogP contribution in [0.3, 0.4) is 0 Å². The van der Waals surface area contributed by atoms with E-state index in [0.717, 1.165) is 16.9 Å². The average molecular weight is 373 g/mol. The smallest absolute Gasteiger partial charge is 0.240 e. The van der Waals surface area contributed by atoms with Crippen LogP contribution < -0.4 is 15.4 Å². The molecule has 26 heavy (non-hydrogen) atoms. The average Bonchev–Trinajstić information content (AvgIpc) is 3.45. The summed E-state index contributed by atoms with van der Waals surface area (Å²) in [5.74, 6) is 0.232. The van der Waals surface area contributed by atoms with Crippen molar-refractivity contribution in [3.8, 4) is 5.75 Å². The maximum Gasteiger partial charge on any atom is 0.240 e. The fraction of sp³-hybridized carbons (Fsp3) is 0.300. The van der Waals surface area contributed by atoms with Crippen LogP contribution in [0.2, 0.25) is 5.02 Å². The Labute approximate surface area is 157 Å². The van der Waals surface area contributed by atoms with Gasteiger partial charge in [-0.25, -0.2) is 0 Å². The molecule has 5 nitrogen and oxygen atoms in total. The molecule has 2 N–H and O–H groups in total. The molecule has 2 aromatic rings. The number of hydrogen-bond donors (Lipinski definition) is 2. The minimum atomic E-state index is -0.985. The van der Waals surface area contributed by atoms with Crippen molar-refractivity contribution in [3.05, 3.63) is 58.6 Å². The predicted molar refractivity (Wildman–Crippen MR) is 101 cm³/mol. The third kappa shape index (κ3) is 3.83. The van der Waals surface area contributed by atoms with Gasteiger partial charge in [-0.3, -0.25) is 9.59 Å². The summed E-state index contributed by atoms with van der Waals surface area (Å²) in [7, 11) is 1.61. The molecule has 2 aromatic carbocycles. The van der Waals surface area contributed by atoms with Crippen LogP contribution in [0.5, 0.6) is 5.75 Å². The lowest BCUT2D eigenvalue weighted by Crippen LogP contribution is -2.39. The summed E-state index contributed by atoms with van der Waals surface area (Å²) in [4.78, 5) is 25.2. The van der Waals surface area contributed by atoms with Gasteiger partial charge in [0.25, 0.3) is 0 Å². The van der Waals surface area contributed by atoms with Crippen LogP contribution in [-0.4, -0.2) is 18.9 Å². The fourth-order valence-corrected chi connectivity index (χ4v) is 2.92. The fourth-order valence-electron chi connectivity index (χ4n) is 2.75. The Morgan fingerprint density at radius 2 is 1.81 bits per heavy atom. The zero-order valence-electron chi connectivity index (χ0n) is 14.8. The van der Waals surface area contributed by atoms with E-state index in [1.807, 2.05) is 37.3 Å². The first-order valence-corrected chi connectivity index (χ1v) is 8.81. The van der Waals surface area contributed by atoms with E-state index in [1.165, 1.54) is 0 Å². The highest BCUT2D eigenvalue weighted by molar-refractivity contribution is 6.31. The van der Waals surface area contributed by atoms with Crippen molar-refractivity contribution < 1.29 is 14.3 Å². The Morgan fingerprint density at radius 3 is 2.42 bits per heavy atom. The second-order valence-electron chi connectivity index (χ2n) is 6.53. The quantitative estimate of drug-likeness (QED) is 0.760. The van der Waals surface area contributed by atoms with Crippen molar-refractivity contribution in [2.75, 3.05) is 12.4 Å². The van der Waals surface area contributed by atoms with Gasteiger partial charge < -0.3 is 15.4 Å². The SMILES string of the molecule is COc1ccc(CNC(=O)C2(C(=O)Nc3cc(Cl)ccc3C)CC2)cc1. The number of aryl methyl sites for hydroxylation is 1. The molecule has 0 spiro atoms. The van der Waals surface area contributed by atoms with Gasteiger partial charge in [-0.05, 0) is 55.2 Å². The zero-order valence-corrected chi connectivity index (χ0v) is 15.5. The number of methoxy groups -OCH3 is 1. The molecule has 0 saturated heterocycles. The Morgan fingerprint density at radius 1 is 1.12 bits per heavy atom. The van der Waals surface area contributed by atoms with Crippen molar-refractivity contribution in [1.29, 1.82) is 0 Å². The second kappa shape index (κ2) is 7.38.